The molecule has 1 aliphatic heterocycles. The molecule has 0 unspecified atom stereocenters. The van der Waals surface area contributed by atoms with Crippen LogP contribution in [0.2, 0.25) is 0 Å². The number of esters is 1. The second-order valence-corrected chi connectivity index (χ2v) is 7.94. The summed E-state index contributed by atoms with van der Waals surface area (Å²) in [6, 6.07) is 0. The van der Waals surface area contributed by atoms with Gasteiger partial charge in [0, 0.05) is 0 Å². The van der Waals surface area contributed by atoms with Crippen molar-refractivity contribution in [2.24, 2.45) is 5.92 Å². The van der Waals surface area contributed by atoms with Crippen molar-refractivity contribution in [2.75, 3.05) is 0 Å². The van der Waals surface area contributed by atoms with Crippen LogP contribution in [0.15, 0.2) is 0 Å². The second-order valence-electron chi connectivity index (χ2n) is 7.94. The van der Waals surface area contributed by atoms with E-state index in [1.165, 1.54) is 70.6 Å². The maximum Gasteiger partial charge on any atom is 0.313 e. The molecule has 25 heavy (non-hydrogen) atoms. The number of aliphatic hydroxyl groups is 1. The molecular formula is C22H42O3. The Morgan fingerprint density at radius 3 is 1.92 bits per heavy atom. The summed E-state index contributed by atoms with van der Waals surface area (Å²) < 4.78 is 5.28. The lowest BCUT2D eigenvalue weighted by Gasteiger charge is -2.36. The summed E-state index contributed by atoms with van der Waals surface area (Å²) in [6.07, 6.45) is 18.7. The van der Waals surface area contributed by atoms with Gasteiger partial charge in [-0.1, -0.05) is 90.9 Å². The van der Waals surface area contributed by atoms with Crippen molar-refractivity contribution in [1.29, 1.82) is 0 Å². The van der Waals surface area contributed by atoms with Crippen molar-refractivity contribution in [3.63, 3.8) is 0 Å². The first kappa shape index (κ1) is 22.5. The van der Waals surface area contributed by atoms with Crippen LogP contribution in [0.3, 0.4) is 0 Å². The second kappa shape index (κ2) is 14.6. The van der Waals surface area contributed by atoms with Crippen molar-refractivity contribution >= 4 is 5.97 Å². The number of carbonyl (C=O) groups is 1. The summed E-state index contributed by atoms with van der Waals surface area (Å²) in [5, 5.41) is 10.2. The molecule has 1 fully saturated rings. The molecule has 1 heterocycles. The van der Waals surface area contributed by atoms with Crippen LogP contribution in [0.4, 0.5) is 0 Å². The predicted octanol–water partition coefficient (Wildman–Crippen LogP) is 6.17. The lowest BCUT2D eigenvalue weighted by atomic mass is 9.86. The summed E-state index contributed by atoms with van der Waals surface area (Å²) in [4.78, 5) is 11.7. The normalized spacial score (nSPS) is 21.0. The van der Waals surface area contributed by atoms with E-state index < -0.39 is 0 Å². The third-order valence-electron chi connectivity index (χ3n) is 5.53. The molecule has 0 amide bonds. The van der Waals surface area contributed by atoms with Gasteiger partial charge in [0.25, 0.3) is 0 Å². The first-order valence-corrected chi connectivity index (χ1v) is 11.1. The molecule has 3 heteroatoms. The first-order chi connectivity index (χ1) is 12.2. The minimum absolute atomic E-state index is 0.0461. The minimum Gasteiger partial charge on any atom is -0.461 e. The van der Waals surface area contributed by atoms with E-state index in [9.17, 15) is 9.90 Å². The summed E-state index contributed by atoms with van der Waals surface area (Å²) >= 11 is 0. The van der Waals surface area contributed by atoms with Crippen molar-refractivity contribution in [1.82, 2.24) is 0 Å². The fourth-order valence-corrected chi connectivity index (χ4v) is 3.78. The number of hydrogen-bond acceptors (Lipinski definition) is 3. The number of aliphatic hydroxyl groups excluding tert-OH is 1. The van der Waals surface area contributed by atoms with Crippen LogP contribution in [0.25, 0.3) is 0 Å². The third kappa shape index (κ3) is 10.2. The lowest BCUT2D eigenvalue weighted by Crippen LogP contribution is -2.46. The van der Waals surface area contributed by atoms with Crippen LogP contribution in [-0.2, 0) is 9.53 Å². The quantitative estimate of drug-likeness (QED) is 0.251. The molecule has 0 bridgehead atoms. The molecule has 0 aromatic rings. The van der Waals surface area contributed by atoms with Gasteiger partial charge < -0.3 is 9.84 Å². The molecule has 0 aromatic carbocycles. The van der Waals surface area contributed by atoms with E-state index in [4.69, 9.17) is 4.74 Å². The number of carbonyl (C=O) groups excluding carboxylic acids is 1. The van der Waals surface area contributed by atoms with Crippen LogP contribution in [0.1, 0.15) is 117 Å². The van der Waals surface area contributed by atoms with Crippen molar-refractivity contribution in [3.05, 3.63) is 0 Å². The molecular weight excluding hydrogens is 312 g/mol. The van der Waals surface area contributed by atoms with Gasteiger partial charge in [-0.2, -0.15) is 0 Å². The van der Waals surface area contributed by atoms with E-state index in [1.54, 1.807) is 0 Å². The third-order valence-corrected chi connectivity index (χ3v) is 5.53. The van der Waals surface area contributed by atoms with E-state index in [-0.39, 0.29) is 24.1 Å². The Morgan fingerprint density at radius 1 is 0.840 bits per heavy atom. The zero-order valence-electron chi connectivity index (χ0n) is 16.8. The van der Waals surface area contributed by atoms with Gasteiger partial charge in [-0.15, -0.1) is 0 Å². The molecule has 3 atom stereocenters. The van der Waals surface area contributed by atoms with Gasteiger partial charge in [0.15, 0.2) is 0 Å². The number of cyclic esters (lactones) is 1. The van der Waals surface area contributed by atoms with Gasteiger partial charge in [-0.05, 0) is 25.7 Å². The Balaban J connectivity index is 1.99. The molecule has 0 radical (unpaired) electrons. The van der Waals surface area contributed by atoms with Gasteiger partial charge in [0.2, 0.25) is 0 Å². The Kier molecular flexibility index (Phi) is 13.1. The molecule has 0 saturated carbocycles. The Morgan fingerprint density at radius 2 is 1.36 bits per heavy atom. The van der Waals surface area contributed by atoms with E-state index in [0.717, 1.165) is 25.7 Å². The van der Waals surface area contributed by atoms with E-state index in [0.29, 0.717) is 6.42 Å². The topological polar surface area (TPSA) is 46.5 Å². The highest BCUT2D eigenvalue weighted by atomic mass is 16.6. The summed E-state index contributed by atoms with van der Waals surface area (Å²) in [5.74, 6) is -0.137. The van der Waals surface area contributed by atoms with Crippen LogP contribution < -0.4 is 0 Å². The van der Waals surface area contributed by atoms with Crippen LogP contribution in [0.5, 0.6) is 0 Å². The molecule has 1 rings (SSSR count). The highest BCUT2D eigenvalue weighted by Gasteiger charge is 2.42. The summed E-state index contributed by atoms with van der Waals surface area (Å²) in [7, 11) is 0. The van der Waals surface area contributed by atoms with Gasteiger partial charge in [-0.25, -0.2) is 0 Å². The average Bonchev–Trinajstić information content (AvgIpc) is 2.61. The lowest BCUT2D eigenvalue weighted by molar-refractivity contribution is -0.188. The molecule has 1 aliphatic rings. The number of ether oxygens (including phenoxy) is 1. The monoisotopic (exact) mass is 354 g/mol. The van der Waals surface area contributed by atoms with Gasteiger partial charge in [0.1, 0.15) is 6.10 Å². The fourth-order valence-electron chi connectivity index (χ4n) is 3.78. The first-order valence-electron chi connectivity index (χ1n) is 11.1. The minimum atomic E-state index is -0.333. The highest BCUT2D eigenvalue weighted by molar-refractivity contribution is 5.78. The highest BCUT2D eigenvalue weighted by Crippen LogP contribution is 2.31. The van der Waals surface area contributed by atoms with Crippen LogP contribution in [-0.4, -0.2) is 23.3 Å². The van der Waals surface area contributed by atoms with Gasteiger partial charge in [0.05, 0.1) is 12.0 Å². The SMILES string of the molecule is CCCCCCCCCCC[C@H](O)C[C@@H]1C(=O)O[C@H]1CCCCCC. The fraction of sp³-hybridized carbons (Fsp3) is 0.955. The van der Waals surface area contributed by atoms with Crippen molar-refractivity contribution < 1.29 is 14.6 Å². The Bertz CT molecular complexity index is 329. The average molecular weight is 355 g/mol. The standard InChI is InChI=1S/C22H42O3/c1-3-5-7-9-10-11-12-13-14-16-19(23)18-20-21(25-22(20)24)17-15-8-6-4-2/h19-21,23H,3-18H2,1-2H3/t19-,20-,21-/m0/s1. The van der Waals surface area contributed by atoms with Crippen molar-refractivity contribution in [3.8, 4) is 0 Å². The molecule has 148 valence electrons. The van der Waals surface area contributed by atoms with E-state index in [2.05, 4.69) is 13.8 Å². The molecule has 1 saturated heterocycles. The zero-order valence-corrected chi connectivity index (χ0v) is 16.8. The smallest absolute Gasteiger partial charge is 0.313 e. The largest absolute Gasteiger partial charge is 0.461 e. The van der Waals surface area contributed by atoms with Crippen molar-refractivity contribution in [2.45, 2.75) is 129 Å². The maximum atomic E-state index is 11.7. The summed E-state index contributed by atoms with van der Waals surface area (Å²) in [6.45, 7) is 4.46. The Hall–Kier alpha value is -0.570. The summed E-state index contributed by atoms with van der Waals surface area (Å²) in [5.41, 5.74) is 0. The molecule has 0 aliphatic carbocycles. The van der Waals surface area contributed by atoms with E-state index in [1.807, 2.05) is 0 Å². The van der Waals surface area contributed by atoms with Gasteiger partial charge >= 0.3 is 5.97 Å². The molecule has 0 aromatic heterocycles. The number of unbranched alkanes of at least 4 members (excludes halogenated alkanes) is 11. The zero-order chi connectivity index (χ0) is 18.3. The molecule has 0 spiro atoms. The van der Waals surface area contributed by atoms with Crippen LogP contribution >= 0.6 is 0 Å². The molecule has 1 N–H and O–H groups in total. The van der Waals surface area contributed by atoms with Gasteiger partial charge in [-0.3, -0.25) is 4.79 Å². The number of rotatable bonds is 17. The number of hydrogen-bond donors (Lipinski definition) is 1. The predicted molar refractivity (Wildman–Crippen MR) is 105 cm³/mol. The maximum absolute atomic E-state index is 11.7. The molecule has 3 nitrogen and oxygen atoms in total. The van der Waals surface area contributed by atoms with Crippen LogP contribution in [0, 0.1) is 5.92 Å². The van der Waals surface area contributed by atoms with E-state index >= 15 is 0 Å². The Labute approximate surface area is 155 Å².